The van der Waals surface area contributed by atoms with E-state index in [-0.39, 0.29) is 29.8 Å². The van der Waals surface area contributed by atoms with Crippen molar-refractivity contribution in [3.63, 3.8) is 0 Å². The molecule has 0 aliphatic carbocycles. The summed E-state index contributed by atoms with van der Waals surface area (Å²) in [6.45, 7) is 5.70. The molecule has 0 saturated carbocycles. The topological polar surface area (TPSA) is 46.3 Å². The third kappa shape index (κ3) is 3.73. The average Bonchev–Trinajstić information content (AvgIpc) is 2.60. The lowest BCUT2D eigenvalue weighted by molar-refractivity contribution is 0.0532. The number of thiophene rings is 1. The average molecular weight is 433 g/mol. The summed E-state index contributed by atoms with van der Waals surface area (Å²) in [6, 6.07) is 2.04. The van der Waals surface area contributed by atoms with Gasteiger partial charge in [-0.3, -0.25) is 4.79 Å². The van der Waals surface area contributed by atoms with Gasteiger partial charge in [0.25, 0.3) is 5.91 Å². The maximum atomic E-state index is 12.5. The highest BCUT2D eigenvalue weighted by atomic mass is 79.9. The van der Waals surface area contributed by atoms with Crippen LogP contribution >= 0.6 is 55.6 Å². The zero-order chi connectivity index (χ0) is 13.5. The van der Waals surface area contributed by atoms with E-state index in [9.17, 15) is 4.79 Å². The summed E-state index contributed by atoms with van der Waals surface area (Å²) in [5.74, 6) is 0.0869. The fraction of sp³-hybridized carbons (Fsp3) is 0.583. The van der Waals surface area contributed by atoms with Crippen LogP contribution in [0, 0.1) is 5.41 Å². The lowest BCUT2D eigenvalue weighted by Gasteiger charge is -2.42. The van der Waals surface area contributed by atoms with Crippen molar-refractivity contribution >= 4 is 61.5 Å². The van der Waals surface area contributed by atoms with E-state index in [1.54, 1.807) is 0 Å². The van der Waals surface area contributed by atoms with Gasteiger partial charge >= 0.3 is 0 Å². The first-order chi connectivity index (χ1) is 8.31. The molecule has 7 heteroatoms. The van der Waals surface area contributed by atoms with Gasteiger partial charge in [-0.15, -0.1) is 23.7 Å². The molecule has 3 nitrogen and oxygen atoms in total. The smallest absolute Gasteiger partial charge is 0.255 e. The van der Waals surface area contributed by atoms with Crippen molar-refractivity contribution in [2.45, 2.75) is 26.3 Å². The fourth-order valence-corrected chi connectivity index (χ4v) is 4.98. The Morgan fingerprint density at radius 1 is 1.53 bits per heavy atom. The van der Waals surface area contributed by atoms with Crippen molar-refractivity contribution in [3.05, 3.63) is 19.2 Å². The number of carbonyl (C=O) groups excluding carboxylic acids is 1. The first-order valence-corrected chi connectivity index (χ1v) is 8.21. The molecule has 1 saturated heterocycles. The van der Waals surface area contributed by atoms with Gasteiger partial charge in [-0.05, 0) is 49.8 Å². The second-order valence-corrected chi connectivity index (χ2v) is 9.10. The van der Waals surface area contributed by atoms with E-state index in [1.165, 1.54) is 11.3 Å². The van der Waals surface area contributed by atoms with E-state index in [4.69, 9.17) is 5.73 Å². The number of halogens is 3. The predicted molar refractivity (Wildman–Crippen MR) is 89.2 cm³/mol. The van der Waals surface area contributed by atoms with Crippen molar-refractivity contribution in [2.24, 2.45) is 11.1 Å². The van der Waals surface area contributed by atoms with Crippen LogP contribution in [0.25, 0.3) is 0 Å². The highest BCUT2D eigenvalue weighted by molar-refractivity contribution is 9.12. The van der Waals surface area contributed by atoms with Gasteiger partial charge < -0.3 is 10.6 Å². The van der Waals surface area contributed by atoms with Crippen LogP contribution in [0.5, 0.6) is 0 Å². The minimum Gasteiger partial charge on any atom is -0.338 e. The van der Waals surface area contributed by atoms with E-state index in [0.717, 1.165) is 26.1 Å². The number of likely N-dealkylation sites (tertiary alicyclic amines) is 1. The van der Waals surface area contributed by atoms with Gasteiger partial charge in [0.05, 0.1) is 13.1 Å². The summed E-state index contributed by atoms with van der Waals surface area (Å²) >= 11 is 8.37. The molecule has 0 bridgehead atoms. The number of hydrogen-bond acceptors (Lipinski definition) is 3. The molecule has 1 unspecified atom stereocenters. The monoisotopic (exact) mass is 430 g/mol. The lowest BCUT2D eigenvalue weighted by atomic mass is 9.79. The summed E-state index contributed by atoms with van der Waals surface area (Å²) < 4.78 is 1.85. The number of amides is 1. The van der Waals surface area contributed by atoms with Crippen LogP contribution in [0.15, 0.2) is 13.6 Å². The first kappa shape index (κ1) is 17.4. The van der Waals surface area contributed by atoms with Crippen LogP contribution in [0.3, 0.4) is 0 Å². The standard InChI is InChI=1S/C12H16Br2N2OS.ClH/c1-12(2)6-16(4-3-8(12)15)11(17)7-5-9(13)18-10(7)14;/h5,8H,3-4,6,15H2,1-2H3;1H. The Hall–Kier alpha value is 0.380. The number of piperidine rings is 1. The highest BCUT2D eigenvalue weighted by Gasteiger charge is 2.36. The van der Waals surface area contributed by atoms with E-state index in [2.05, 4.69) is 45.7 Å². The zero-order valence-electron chi connectivity index (χ0n) is 10.8. The fourth-order valence-electron chi connectivity index (χ4n) is 2.20. The van der Waals surface area contributed by atoms with E-state index in [0.29, 0.717) is 6.54 Å². The predicted octanol–water partition coefficient (Wildman–Crippen LogP) is 3.89. The van der Waals surface area contributed by atoms with Gasteiger partial charge in [-0.25, -0.2) is 0 Å². The molecule has 19 heavy (non-hydrogen) atoms. The molecule has 1 fully saturated rings. The molecule has 2 N–H and O–H groups in total. The number of nitrogens with two attached hydrogens (primary N) is 1. The molecule has 0 aromatic carbocycles. The van der Waals surface area contributed by atoms with Crippen LogP contribution in [0.2, 0.25) is 0 Å². The van der Waals surface area contributed by atoms with Gasteiger partial charge in [0.2, 0.25) is 0 Å². The maximum Gasteiger partial charge on any atom is 0.255 e. The Kier molecular flexibility index (Phi) is 5.90. The van der Waals surface area contributed by atoms with Gasteiger partial charge in [-0.1, -0.05) is 13.8 Å². The molecule has 1 aromatic heterocycles. The number of nitrogens with zero attached hydrogens (tertiary/aromatic N) is 1. The van der Waals surface area contributed by atoms with Crippen molar-refractivity contribution in [3.8, 4) is 0 Å². The molecule has 1 aliphatic heterocycles. The zero-order valence-corrected chi connectivity index (χ0v) is 15.6. The van der Waals surface area contributed by atoms with Crippen LogP contribution in [0.1, 0.15) is 30.6 Å². The number of carbonyl (C=O) groups is 1. The quantitative estimate of drug-likeness (QED) is 0.732. The maximum absolute atomic E-state index is 12.5. The third-order valence-corrected chi connectivity index (χ3v) is 5.83. The lowest BCUT2D eigenvalue weighted by Crippen LogP contribution is -2.53. The van der Waals surface area contributed by atoms with Crippen molar-refractivity contribution in [2.75, 3.05) is 13.1 Å². The van der Waals surface area contributed by atoms with Crippen molar-refractivity contribution in [1.29, 1.82) is 0 Å². The van der Waals surface area contributed by atoms with Crippen molar-refractivity contribution in [1.82, 2.24) is 4.90 Å². The highest BCUT2D eigenvalue weighted by Crippen LogP contribution is 2.34. The molecule has 1 amide bonds. The molecule has 108 valence electrons. The van der Waals surface area contributed by atoms with E-state index >= 15 is 0 Å². The number of rotatable bonds is 1. The van der Waals surface area contributed by atoms with Crippen LogP contribution in [0.4, 0.5) is 0 Å². The molecule has 1 atom stereocenters. The molecule has 0 spiro atoms. The minimum atomic E-state index is -0.0202. The molecular weight excluding hydrogens is 415 g/mol. The van der Waals surface area contributed by atoms with Crippen molar-refractivity contribution < 1.29 is 4.79 Å². The van der Waals surface area contributed by atoms with Crippen LogP contribution in [-0.2, 0) is 0 Å². The normalized spacial score (nSPS) is 21.9. The molecular formula is C12H17Br2ClN2OS. The Morgan fingerprint density at radius 2 is 2.16 bits per heavy atom. The largest absolute Gasteiger partial charge is 0.338 e. The SMILES string of the molecule is CC1(C)CN(C(=O)c2cc(Br)sc2Br)CCC1N.Cl. The van der Waals surface area contributed by atoms with Crippen LogP contribution in [-0.4, -0.2) is 29.9 Å². The molecule has 2 rings (SSSR count). The van der Waals surface area contributed by atoms with Gasteiger partial charge in [0, 0.05) is 19.1 Å². The summed E-state index contributed by atoms with van der Waals surface area (Å²) in [7, 11) is 0. The summed E-state index contributed by atoms with van der Waals surface area (Å²) in [5, 5.41) is 0. The van der Waals surface area contributed by atoms with E-state index < -0.39 is 0 Å². The first-order valence-electron chi connectivity index (χ1n) is 5.81. The summed E-state index contributed by atoms with van der Waals surface area (Å²) in [5.41, 5.74) is 6.81. The number of hydrogen-bond donors (Lipinski definition) is 1. The summed E-state index contributed by atoms with van der Waals surface area (Å²) in [6.07, 6.45) is 0.863. The van der Waals surface area contributed by atoms with Crippen LogP contribution < -0.4 is 5.73 Å². The Morgan fingerprint density at radius 3 is 2.63 bits per heavy atom. The molecule has 2 heterocycles. The van der Waals surface area contributed by atoms with E-state index in [1.807, 2.05) is 11.0 Å². The summed E-state index contributed by atoms with van der Waals surface area (Å²) in [4.78, 5) is 14.4. The van der Waals surface area contributed by atoms with Gasteiger partial charge in [0.1, 0.15) is 0 Å². The Labute approximate surface area is 140 Å². The van der Waals surface area contributed by atoms with Gasteiger partial charge in [0.15, 0.2) is 0 Å². The molecule has 0 radical (unpaired) electrons. The molecule has 1 aliphatic rings. The third-order valence-electron chi connectivity index (χ3n) is 3.49. The second-order valence-electron chi connectivity index (χ2n) is 5.35. The second kappa shape index (κ2) is 6.43. The minimum absolute atomic E-state index is 0. The molecule has 1 aromatic rings. The van der Waals surface area contributed by atoms with Gasteiger partial charge in [-0.2, -0.15) is 0 Å². The Balaban J connectivity index is 0.00000180. The Bertz CT molecular complexity index is 478.